The lowest BCUT2D eigenvalue weighted by molar-refractivity contribution is 1.19. The zero-order valence-corrected chi connectivity index (χ0v) is 11.5. The van der Waals surface area contributed by atoms with E-state index in [0.717, 1.165) is 37.1 Å². The molecule has 1 aromatic carbocycles. The monoisotopic (exact) mass is 280 g/mol. The highest BCUT2D eigenvalue weighted by molar-refractivity contribution is 8.00. The van der Waals surface area contributed by atoms with Crippen LogP contribution in [0.15, 0.2) is 34.3 Å². The maximum absolute atomic E-state index is 5.88. The molecule has 1 aliphatic rings. The number of thiazole rings is 1. The lowest BCUT2D eigenvalue weighted by Gasteiger charge is -2.04. The Kier molecular flexibility index (Phi) is 2.94. The summed E-state index contributed by atoms with van der Waals surface area (Å²) in [5, 5.41) is 3.84. The first-order valence-electron chi connectivity index (χ1n) is 5.16. The van der Waals surface area contributed by atoms with Gasteiger partial charge in [0.1, 0.15) is 15.0 Å². The lowest BCUT2D eigenvalue weighted by atomic mass is 10.2. The number of halogens is 1. The fourth-order valence-corrected chi connectivity index (χ4v) is 3.69. The molecule has 0 bridgehead atoms. The van der Waals surface area contributed by atoms with E-state index in [1.165, 1.54) is 0 Å². The zero-order valence-electron chi connectivity index (χ0n) is 9.11. The van der Waals surface area contributed by atoms with Gasteiger partial charge < -0.3 is 0 Å². The fraction of sp³-hybridized carbons (Fsp3) is 0.167. The standard InChI is InChI=1S/C12H9ClN2S2/c1-7-6-16-11-12(14-7)17-10(15-11)8-2-4-9(13)5-3-8/h2-5H,6H2,1H3. The molecule has 1 aromatic heterocycles. The quantitative estimate of drug-likeness (QED) is 0.759. The maximum Gasteiger partial charge on any atom is 0.150 e. The second kappa shape index (κ2) is 4.44. The van der Waals surface area contributed by atoms with Crippen LogP contribution in [-0.4, -0.2) is 16.4 Å². The Hall–Kier alpha value is -0.840. The van der Waals surface area contributed by atoms with Crippen LogP contribution in [0.3, 0.4) is 0 Å². The van der Waals surface area contributed by atoms with Gasteiger partial charge in [0.15, 0.2) is 0 Å². The number of hydrogen-bond acceptors (Lipinski definition) is 4. The van der Waals surface area contributed by atoms with Gasteiger partial charge in [0.2, 0.25) is 0 Å². The molecular formula is C12H9ClN2S2. The molecule has 0 N–H and O–H groups in total. The second-order valence-electron chi connectivity index (χ2n) is 3.77. The van der Waals surface area contributed by atoms with Crippen LogP contribution in [0.2, 0.25) is 5.02 Å². The molecule has 0 atom stereocenters. The third kappa shape index (κ3) is 2.25. The van der Waals surface area contributed by atoms with Gasteiger partial charge in [-0.1, -0.05) is 46.8 Å². The molecule has 2 heterocycles. The number of rotatable bonds is 1. The molecule has 3 rings (SSSR count). The predicted octanol–water partition coefficient (Wildman–Crippen LogP) is 4.66. The van der Waals surface area contributed by atoms with Crippen LogP contribution in [-0.2, 0) is 0 Å². The molecule has 0 radical (unpaired) electrons. The van der Waals surface area contributed by atoms with E-state index < -0.39 is 0 Å². The zero-order chi connectivity index (χ0) is 11.8. The number of fused-ring (bicyclic) bond motifs is 1. The van der Waals surface area contributed by atoms with Gasteiger partial charge in [-0.05, 0) is 19.1 Å². The fourth-order valence-electron chi connectivity index (χ4n) is 1.56. The van der Waals surface area contributed by atoms with Crippen LogP contribution in [0, 0.1) is 0 Å². The normalized spacial score (nSPS) is 14.4. The second-order valence-corrected chi connectivity index (χ2v) is 6.15. The minimum atomic E-state index is 0.748. The molecule has 0 aliphatic carbocycles. The highest BCUT2D eigenvalue weighted by Crippen LogP contribution is 2.41. The van der Waals surface area contributed by atoms with Crippen molar-refractivity contribution in [3.63, 3.8) is 0 Å². The van der Waals surface area contributed by atoms with Crippen molar-refractivity contribution in [3.8, 4) is 10.6 Å². The third-order valence-electron chi connectivity index (χ3n) is 2.38. The largest absolute Gasteiger partial charge is 0.243 e. The van der Waals surface area contributed by atoms with Gasteiger partial charge in [-0.2, -0.15) is 0 Å². The Morgan fingerprint density at radius 2 is 2.00 bits per heavy atom. The van der Waals surface area contributed by atoms with Crippen LogP contribution in [0.25, 0.3) is 10.6 Å². The number of hydrogen-bond donors (Lipinski definition) is 0. The van der Waals surface area contributed by atoms with E-state index in [4.69, 9.17) is 11.6 Å². The number of aliphatic imine (C=N–C) groups is 1. The van der Waals surface area contributed by atoms with Gasteiger partial charge in [0.05, 0.1) is 0 Å². The van der Waals surface area contributed by atoms with E-state index in [9.17, 15) is 0 Å². The van der Waals surface area contributed by atoms with Crippen LogP contribution in [0.1, 0.15) is 6.92 Å². The average Bonchev–Trinajstić information content (AvgIpc) is 2.72. The molecule has 0 unspecified atom stereocenters. The summed E-state index contributed by atoms with van der Waals surface area (Å²) in [5.74, 6) is 0.941. The molecule has 2 nitrogen and oxygen atoms in total. The molecule has 17 heavy (non-hydrogen) atoms. The van der Waals surface area contributed by atoms with Gasteiger partial charge in [0, 0.05) is 22.1 Å². The van der Waals surface area contributed by atoms with Gasteiger partial charge in [-0.15, -0.1) is 0 Å². The SMILES string of the molecule is CC1=Nc2sc(-c3ccc(Cl)cc3)nc2SC1. The van der Waals surface area contributed by atoms with E-state index in [0.29, 0.717) is 0 Å². The Labute approximate surface area is 113 Å². The van der Waals surface area contributed by atoms with E-state index in [-0.39, 0.29) is 0 Å². The van der Waals surface area contributed by atoms with Crippen molar-refractivity contribution in [2.45, 2.75) is 11.9 Å². The number of aromatic nitrogens is 1. The molecule has 0 saturated carbocycles. The molecule has 86 valence electrons. The number of benzene rings is 1. The van der Waals surface area contributed by atoms with Crippen molar-refractivity contribution in [1.82, 2.24) is 4.98 Å². The van der Waals surface area contributed by atoms with E-state index in [1.807, 2.05) is 24.3 Å². The highest BCUT2D eigenvalue weighted by Gasteiger charge is 2.16. The average molecular weight is 281 g/mol. The lowest BCUT2D eigenvalue weighted by Crippen LogP contribution is -1.98. The molecule has 5 heteroatoms. The summed E-state index contributed by atoms with van der Waals surface area (Å²) >= 11 is 9.27. The first-order valence-corrected chi connectivity index (χ1v) is 7.34. The van der Waals surface area contributed by atoms with Gasteiger partial charge in [-0.25, -0.2) is 9.98 Å². The minimum absolute atomic E-state index is 0.748. The summed E-state index contributed by atoms with van der Waals surface area (Å²) in [5.41, 5.74) is 2.26. The third-order valence-corrected chi connectivity index (χ3v) is 4.88. The van der Waals surface area contributed by atoms with E-state index in [2.05, 4.69) is 16.9 Å². The van der Waals surface area contributed by atoms with Crippen molar-refractivity contribution in [2.75, 3.05) is 5.75 Å². The van der Waals surface area contributed by atoms with Crippen molar-refractivity contribution < 1.29 is 0 Å². The van der Waals surface area contributed by atoms with Crippen molar-refractivity contribution >= 4 is 45.4 Å². The van der Waals surface area contributed by atoms with Gasteiger partial charge in [-0.3, -0.25) is 0 Å². The van der Waals surface area contributed by atoms with Crippen molar-refractivity contribution in [2.24, 2.45) is 4.99 Å². The van der Waals surface area contributed by atoms with Crippen molar-refractivity contribution in [3.05, 3.63) is 29.3 Å². The van der Waals surface area contributed by atoms with Crippen molar-refractivity contribution in [1.29, 1.82) is 0 Å². The van der Waals surface area contributed by atoms with Gasteiger partial charge >= 0.3 is 0 Å². The predicted molar refractivity (Wildman–Crippen MR) is 76.1 cm³/mol. The topological polar surface area (TPSA) is 25.2 Å². The number of thioether (sulfide) groups is 1. The Morgan fingerprint density at radius 1 is 1.24 bits per heavy atom. The Bertz CT molecular complexity index is 587. The first kappa shape index (κ1) is 11.3. The van der Waals surface area contributed by atoms with E-state index in [1.54, 1.807) is 23.1 Å². The van der Waals surface area contributed by atoms with Crippen LogP contribution in [0.5, 0.6) is 0 Å². The minimum Gasteiger partial charge on any atom is -0.243 e. The summed E-state index contributed by atoms with van der Waals surface area (Å²) in [6, 6.07) is 7.76. The summed E-state index contributed by atoms with van der Waals surface area (Å²) in [6.07, 6.45) is 0. The molecule has 2 aromatic rings. The highest BCUT2D eigenvalue weighted by atomic mass is 35.5. The van der Waals surface area contributed by atoms with Crippen LogP contribution >= 0.6 is 34.7 Å². The van der Waals surface area contributed by atoms with Crippen LogP contribution in [0.4, 0.5) is 5.00 Å². The molecule has 0 saturated heterocycles. The van der Waals surface area contributed by atoms with E-state index >= 15 is 0 Å². The Morgan fingerprint density at radius 3 is 2.76 bits per heavy atom. The summed E-state index contributed by atoms with van der Waals surface area (Å²) in [7, 11) is 0. The van der Waals surface area contributed by atoms with Gasteiger partial charge in [0.25, 0.3) is 0 Å². The first-order chi connectivity index (χ1) is 8.22. The summed E-state index contributed by atoms with van der Waals surface area (Å²) < 4.78 is 0. The molecule has 0 amide bonds. The Balaban J connectivity index is 2.03. The molecule has 0 fully saturated rings. The van der Waals surface area contributed by atoms with Crippen LogP contribution < -0.4 is 0 Å². The smallest absolute Gasteiger partial charge is 0.150 e. The number of nitrogens with zero attached hydrogens (tertiary/aromatic N) is 2. The molecular weight excluding hydrogens is 272 g/mol. The maximum atomic E-state index is 5.88. The summed E-state index contributed by atoms with van der Waals surface area (Å²) in [6.45, 7) is 2.05. The molecule has 1 aliphatic heterocycles. The molecule has 0 spiro atoms. The summed E-state index contributed by atoms with van der Waals surface area (Å²) in [4.78, 5) is 9.15.